The van der Waals surface area contributed by atoms with Crippen LogP contribution in [0.25, 0.3) is 11.1 Å². The van der Waals surface area contributed by atoms with Gasteiger partial charge in [-0.1, -0.05) is 54.6 Å². The molecule has 0 aliphatic heterocycles. The monoisotopic (exact) mass is 357 g/mol. The average Bonchev–Trinajstić information content (AvgIpc) is 2.70. The number of halogens is 2. The van der Waals surface area contributed by atoms with Gasteiger partial charge in [0.05, 0.1) is 0 Å². The third-order valence-corrected chi connectivity index (χ3v) is 4.37. The second kappa shape index (κ2) is 7.42. The Morgan fingerprint density at radius 2 is 0.963 bits per heavy atom. The molecule has 0 bridgehead atoms. The van der Waals surface area contributed by atoms with Crippen LogP contribution in [-0.2, 0) is 0 Å². The summed E-state index contributed by atoms with van der Waals surface area (Å²) in [7, 11) is 0. The largest absolute Gasteiger partial charge is 0.310 e. The molecular weight excluding hydrogens is 340 g/mol. The number of nitrogens with zero attached hydrogens (tertiary/aromatic N) is 1. The summed E-state index contributed by atoms with van der Waals surface area (Å²) in [4.78, 5) is 1.83. The number of hydrogen-bond acceptors (Lipinski definition) is 1. The molecule has 4 rings (SSSR count). The van der Waals surface area contributed by atoms with Gasteiger partial charge in [-0.25, -0.2) is 8.78 Å². The van der Waals surface area contributed by atoms with Gasteiger partial charge in [0.2, 0.25) is 0 Å². The molecule has 0 spiro atoms. The molecule has 0 atom stereocenters. The zero-order valence-corrected chi connectivity index (χ0v) is 14.5. The molecule has 0 aliphatic carbocycles. The average molecular weight is 357 g/mol. The Bertz CT molecular complexity index is 998. The molecule has 0 radical (unpaired) electrons. The number of hydrogen-bond donors (Lipinski definition) is 0. The Balaban J connectivity index is 1.79. The zero-order valence-electron chi connectivity index (χ0n) is 14.5. The van der Waals surface area contributed by atoms with E-state index in [2.05, 4.69) is 0 Å². The summed E-state index contributed by atoms with van der Waals surface area (Å²) in [5.74, 6) is -0.676. The second-order valence-corrected chi connectivity index (χ2v) is 6.21. The SMILES string of the molecule is Fc1cccc(N(c2ccc(-c3ccccc3)cc2)c2cccc(F)c2)c1. The molecule has 0 saturated heterocycles. The van der Waals surface area contributed by atoms with E-state index < -0.39 is 0 Å². The van der Waals surface area contributed by atoms with Gasteiger partial charge < -0.3 is 4.90 Å². The first kappa shape index (κ1) is 17.0. The highest BCUT2D eigenvalue weighted by Gasteiger charge is 2.14. The molecule has 0 fully saturated rings. The van der Waals surface area contributed by atoms with E-state index in [1.165, 1.54) is 24.3 Å². The van der Waals surface area contributed by atoms with Crippen molar-refractivity contribution in [1.82, 2.24) is 0 Å². The van der Waals surface area contributed by atoms with Crippen LogP contribution in [0.2, 0.25) is 0 Å². The van der Waals surface area contributed by atoms with Gasteiger partial charge in [-0.05, 0) is 59.7 Å². The zero-order chi connectivity index (χ0) is 18.6. The van der Waals surface area contributed by atoms with Crippen LogP contribution in [0.3, 0.4) is 0 Å². The van der Waals surface area contributed by atoms with Crippen molar-refractivity contribution >= 4 is 17.1 Å². The fourth-order valence-corrected chi connectivity index (χ4v) is 3.11. The van der Waals surface area contributed by atoms with Crippen molar-refractivity contribution in [1.29, 1.82) is 0 Å². The normalized spacial score (nSPS) is 10.6. The van der Waals surface area contributed by atoms with Gasteiger partial charge in [-0.3, -0.25) is 0 Å². The van der Waals surface area contributed by atoms with Gasteiger partial charge in [-0.2, -0.15) is 0 Å². The standard InChI is InChI=1S/C24H17F2N/c25-20-8-4-10-23(16-20)27(24-11-5-9-21(26)17-24)22-14-12-19(13-15-22)18-6-2-1-3-7-18/h1-17H. The van der Waals surface area contributed by atoms with Crippen LogP contribution >= 0.6 is 0 Å². The van der Waals surface area contributed by atoms with Crippen LogP contribution in [0.5, 0.6) is 0 Å². The van der Waals surface area contributed by atoms with E-state index in [9.17, 15) is 8.78 Å². The predicted octanol–water partition coefficient (Wildman–Crippen LogP) is 7.10. The van der Waals surface area contributed by atoms with E-state index in [0.717, 1.165) is 16.8 Å². The highest BCUT2D eigenvalue weighted by molar-refractivity contribution is 5.78. The third-order valence-electron chi connectivity index (χ3n) is 4.37. The summed E-state index contributed by atoms with van der Waals surface area (Å²) in [6.45, 7) is 0. The predicted molar refractivity (Wildman–Crippen MR) is 106 cm³/mol. The van der Waals surface area contributed by atoms with E-state index >= 15 is 0 Å². The summed E-state index contributed by atoms with van der Waals surface area (Å²) in [5.41, 5.74) is 4.29. The van der Waals surface area contributed by atoms with Gasteiger partial charge in [0.15, 0.2) is 0 Å². The summed E-state index contributed by atoms with van der Waals surface area (Å²) < 4.78 is 27.6. The van der Waals surface area contributed by atoms with E-state index in [-0.39, 0.29) is 11.6 Å². The topological polar surface area (TPSA) is 3.24 Å². The van der Waals surface area contributed by atoms with Crippen LogP contribution in [0.1, 0.15) is 0 Å². The van der Waals surface area contributed by atoms with Crippen molar-refractivity contribution < 1.29 is 8.78 Å². The molecule has 0 N–H and O–H groups in total. The third kappa shape index (κ3) is 3.72. The summed E-state index contributed by atoms with van der Waals surface area (Å²) in [6.07, 6.45) is 0. The van der Waals surface area contributed by atoms with Gasteiger partial charge >= 0.3 is 0 Å². The van der Waals surface area contributed by atoms with Crippen molar-refractivity contribution in [3.63, 3.8) is 0 Å². The Hall–Kier alpha value is -3.46. The van der Waals surface area contributed by atoms with Gasteiger partial charge in [0.25, 0.3) is 0 Å². The minimum Gasteiger partial charge on any atom is -0.310 e. The Morgan fingerprint density at radius 3 is 1.48 bits per heavy atom. The second-order valence-electron chi connectivity index (χ2n) is 6.21. The molecule has 0 saturated carbocycles. The maximum absolute atomic E-state index is 13.8. The molecule has 0 aliphatic rings. The van der Waals surface area contributed by atoms with E-state index in [4.69, 9.17) is 0 Å². The number of benzene rings is 4. The van der Waals surface area contributed by atoms with Crippen molar-refractivity contribution in [3.8, 4) is 11.1 Å². The highest BCUT2D eigenvalue weighted by atomic mass is 19.1. The van der Waals surface area contributed by atoms with E-state index in [1.54, 1.807) is 24.3 Å². The number of anilines is 3. The lowest BCUT2D eigenvalue weighted by Gasteiger charge is -2.25. The molecule has 132 valence electrons. The fourth-order valence-electron chi connectivity index (χ4n) is 3.11. The maximum atomic E-state index is 13.8. The smallest absolute Gasteiger partial charge is 0.125 e. The summed E-state index contributed by atoms with van der Waals surface area (Å²) >= 11 is 0. The van der Waals surface area contributed by atoms with Gasteiger partial charge in [0, 0.05) is 17.1 Å². The fraction of sp³-hybridized carbons (Fsp3) is 0. The lowest BCUT2D eigenvalue weighted by atomic mass is 10.0. The Labute approximate surface area is 157 Å². The van der Waals surface area contributed by atoms with Crippen LogP contribution < -0.4 is 4.90 Å². The first-order chi connectivity index (χ1) is 13.2. The van der Waals surface area contributed by atoms with Crippen molar-refractivity contribution in [3.05, 3.63) is 115 Å². The summed E-state index contributed by atoms with van der Waals surface area (Å²) in [6, 6.07) is 30.6. The molecule has 3 heteroatoms. The van der Waals surface area contributed by atoms with E-state index in [0.29, 0.717) is 11.4 Å². The maximum Gasteiger partial charge on any atom is 0.125 e. The molecule has 0 heterocycles. The molecule has 4 aromatic carbocycles. The lowest BCUT2D eigenvalue weighted by molar-refractivity contribution is 0.627. The van der Waals surface area contributed by atoms with Crippen molar-refractivity contribution in [2.75, 3.05) is 4.90 Å². The highest BCUT2D eigenvalue weighted by Crippen LogP contribution is 2.35. The van der Waals surface area contributed by atoms with Crippen LogP contribution in [0, 0.1) is 11.6 Å². The molecule has 4 aromatic rings. The van der Waals surface area contributed by atoms with Gasteiger partial charge in [0.1, 0.15) is 11.6 Å². The molecule has 1 nitrogen and oxygen atoms in total. The van der Waals surface area contributed by atoms with E-state index in [1.807, 2.05) is 59.5 Å². The lowest BCUT2D eigenvalue weighted by Crippen LogP contribution is -2.10. The number of rotatable bonds is 4. The minimum atomic E-state index is -0.338. The first-order valence-electron chi connectivity index (χ1n) is 8.67. The van der Waals surface area contributed by atoms with Crippen molar-refractivity contribution in [2.45, 2.75) is 0 Å². The van der Waals surface area contributed by atoms with Crippen LogP contribution in [0.15, 0.2) is 103 Å². The Kier molecular flexibility index (Phi) is 4.67. The Morgan fingerprint density at radius 1 is 0.444 bits per heavy atom. The van der Waals surface area contributed by atoms with Crippen LogP contribution in [-0.4, -0.2) is 0 Å². The molecular formula is C24H17F2N. The minimum absolute atomic E-state index is 0.338. The summed E-state index contributed by atoms with van der Waals surface area (Å²) in [5, 5.41) is 0. The first-order valence-corrected chi connectivity index (χ1v) is 8.67. The molecule has 0 amide bonds. The van der Waals surface area contributed by atoms with Crippen molar-refractivity contribution in [2.24, 2.45) is 0 Å². The van der Waals surface area contributed by atoms with Gasteiger partial charge in [-0.15, -0.1) is 0 Å². The quantitative estimate of drug-likeness (QED) is 0.376. The van der Waals surface area contributed by atoms with Crippen LogP contribution in [0.4, 0.5) is 25.8 Å². The molecule has 0 aromatic heterocycles. The molecule has 27 heavy (non-hydrogen) atoms. The molecule has 0 unspecified atom stereocenters.